The van der Waals surface area contributed by atoms with Crippen molar-refractivity contribution in [3.8, 4) is 5.75 Å². The van der Waals surface area contributed by atoms with Crippen molar-refractivity contribution < 1.29 is 22.7 Å². The highest BCUT2D eigenvalue weighted by molar-refractivity contribution is 7.89. The largest absolute Gasteiger partial charge is 0.497 e. The van der Waals surface area contributed by atoms with E-state index in [4.69, 9.17) is 4.74 Å². The smallest absolute Gasteiger partial charge is 0.254 e. The number of sulfonamides is 1. The quantitative estimate of drug-likeness (QED) is 0.712. The highest BCUT2D eigenvalue weighted by atomic mass is 32.2. The second-order valence-electron chi connectivity index (χ2n) is 8.07. The van der Waals surface area contributed by atoms with Crippen molar-refractivity contribution in [3.63, 3.8) is 0 Å². The maximum Gasteiger partial charge on any atom is 0.254 e. The SMILES string of the molecule is COc1cccc(CC2CCCN2C(=O)c2cccc(S(=O)(=O)N3CCNC(=O)C3)c2)c1. The van der Waals surface area contributed by atoms with Crippen LogP contribution in [0.3, 0.4) is 0 Å². The number of nitrogens with zero attached hydrogens (tertiary/aromatic N) is 2. The molecule has 1 N–H and O–H groups in total. The molecular weight excluding hydrogens is 430 g/mol. The Morgan fingerprint density at radius 1 is 1.16 bits per heavy atom. The fourth-order valence-corrected chi connectivity index (χ4v) is 5.76. The molecule has 32 heavy (non-hydrogen) atoms. The summed E-state index contributed by atoms with van der Waals surface area (Å²) >= 11 is 0. The minimum Gasteiger partial charge on any atom is -0.497 e. The molecular formula is C23H27N3O5S. The fourth-order valence-electron chi connectivity index (χ4n) is 4.31. The zero-order valence-electron chi connectivity index (χ0n) is 18.0. The number of piperazine rings is 1. The number of likely N-dealkylation sites (tertiary alicyclic amines) is 1. The molecule has 0 radical (unpaired) electrons. The van der Waals surface area contributed by atoms with Crippen LogP contribution in [0.25, 0.3) is 0 Å². The summed E-state index contributed by atoms with van der Waals surface area (Å²) in [5, 5.41) is 2.62. The van der Waals surface area contributed by atoms with E-state index in [1.54, 1.807) is 19.2 Å². The van der Waals surface area contributed by atoms with Gasteiger partial charge in [-0.15, -0.1) is 0 Å². The molecule has 0 aliphatic carbocycles. The molecule has 2 aromatic rings. The Kier molecular flexibility index (Phi) is 6.48. The molecule has 2 fully saturated rings. The molecule has 4 rings (SSSR count). The third-order valence-corrected chi connectivity index (χ3v) is 7.81. The van der Waals surface area contributed by atoms with Gasteiger partial charge in [-0.25, -0.2) is 8.42 Å². The van der Waals surface area contributed by atoms with Gasteiger partial charge in [0.05, 0.1) is 18.6 Å². The summed E-state index contributed by atoms with van der Waals surface area (Å²) in [6.45, 7) is 0.906. The van der Waals surface area contributed by atoms with E-state index in [-0.39, 0.29) is 42.4 Å². The number of carbonyl (C=O) groups is 2. The van der Waals surface area contributed by atoms with Crippen molar-refractivity contribution in [3.05, 3.63) is 59.7 Å². The first-order valence-corrected chi connectivity index (χ1v) is 12.1. The number of rotatable bonds is 6. The number of carbonyl (C=O) groups excluding carboxylic acids is 2. The summed E-state index contributed by atoms with van der Waals surface area (Å²) in [4.78, 5) is 26.8. The molecule has 1 atom stereocenters. The van der Waals surface area contributed by atoms with Crippen LogP contribution >= 0.6 is 0 Å². The molecule has 2 saturated heterocycles. The van der Waals surface area contributed by atoms with Gasteiger partial charge in [0.2, 0.25) is 15.9 Å². The summed E-state index contributed by atoms with van der Waals surface area (Å²) in [5.74, 6) is 0.274. The minimum atomic E-state index is -3.86. The maximum absolute atomic E-state index is 13.3. The van der Waals surface area contributed by atoms with Gasteiger partial charge in [0, 0.05) is 31.2 Å². The molecule has 170 valence electrons. The van der Waals surface area contributed by atoms with E-state index < -0.39 is 10.0 Å². The molecule has 0 bridgehead atoms. The fraction of sp³-hybridized carbons (Fsp3) is 0.391. The van der Waals surface area contributed by atoms with Crippen LogP contribution < -0.4 is 10.1 Å². The van der Waals surface area contributed by atoms with Crippen LogP contribution in [0, 0.1) is 0 Å². The summed E-state index contributed by atoms with van der Waals surface area (Å²) in [7, 11) is -2.23. The first-order valence-electron chi connectivity index (χ1n) is 10.7. The van der Waals surface area contributed by atoms with Gasteiger partial charge in [-0.05, 0) is 55.2 Å². The minimum absolute atomic E-state index is 0.0293. The monoisotopic (exact) mass is 457 g/mol. The van der Waals surface area contributed by atoms with Gasteiger partial charge >= 0.3 is 0 Å². The zero-order valence-corrected chi connectivity index (χ0v) is 18.8. The summed E-state index contributed by atoms with van der Waals surface area (Å²) < 4.78 is 32.5. The van der Waals surface area contributed by atoms with E-state index in [0.29, 0.717) is 18.5 Å². The summed E-state index contributed by atoms with van der Waals surface area (Å²) in [5.41, 5.74) is 1.43. The lowest BCUT2D eigenvalue weighted by molar-refractivity contribution is -0.122. The van der Waals surface area contributed by atoms with Gasteiger partial charge < -0.3 is 15.0 Å². The average Bonchev–Trinajstić information content (AvgIpc) is 3.26. The average molecular weight is 458 g/mol. The second-order valence-corrected chi connectivity index (χ2v) is 10.0. The maximum atomic E-state index is 13.3. The lowest BCUT2D eigenvalue weighted by Crippen LogP contribution is -2.49. The number of hydrogen-bond acceptors (Lipinski definition) is 5. The van der Waals surface area contributed by atoms with Gasteiger partial charge in [0.25, 0.3) is 5.91 Å². The summed E-state index contributed by atoms with van der Waals surface area (Å²) in [6, 6.07) is 14.0. The van der Waals surface area contributed by atoms with Gasteiger partial charge in [0.1, 0.15) is 5.75 Å². The standard InChI is InChI=1S/C23H27N3O5S/c1-31-20-8-2-5-17(14-20)13-19-7-4-11-26(19)23(28)18-6-3-9-21(15-18)32(29,30)25-12-10-24-22(27)16-25/h2-3,5-6,8-9,14-15,19H,4,7,10-13,16H2,1H3,(H,24,27). The van der Waals surface area contributed by atoms with E-state index in [9.17, 15) is 18.0 Å². The molecule has 2 aliphatic heterocycles. The number of hydrogen-bond donors (Lipinski definition) is 1. The van der Waals surface area contributed by atoms with Crippen LogP contribution in [-0.2, 0) is 21.2 Å². The van der Waals surface area contributed by atoms with Crippen LogP contribution in [-0.4, -0.2) is 68.8 Å². The second kappa shape index (κ2) is 9.30. The van der Waals surface area contributed by atoms with Crippen LogP contribution in [0.2, 0.25) is 0 Å². The van der Waals surface area contributed by atoms with E-state index in [1.807, 2.05) is 29.2 Å². The van der Waals surface area contributed by atoms with Crippen molar-refractivity contribution in [2.24, 2.45) is 0 Å². The number of amides is 2. The normalized spacial score (nSPS) is 19.6. The lowest BCUT2D eigenvalue weighted by Gasteiger charge is -2.27. The predicted octanol–water partition coefficient (Wildman–Crippen LogP) is 1.66. The van der Waals surface area contributed by atoms with Crippen LogP contribution in [0.15, 0.2) is 53.4 Å². The molecule has 0 spiro atoms. The van der Waals surface area contributed by atoms with E-state index in [0.717, 1.165) is 28.5 Å². The van der Waals surface area contributed by atoms with Gasteiger partial charge in [0.15, 0.2) is 0 Å². The molecule has 0 aromatic heterocycles. The van der Waals surface area contributed by atoms with Gasteiger partial charge in [-0.2, -0.15) is 4.31 Å². The van der Waals surface area contributed by atoms with Crippen molar-refractivity contribution >= 4 is 21.8 Å². The number of nitrogens with one attached hydrogen (secondary N) is 1. The molecule has 2 aliphatic rings. The van der Waals surface area contributed by atoms with E-state index in [2.05, 4.69) is 5.32 Å². The molecule has 1 unspecified atom stereocenters. The Labute approximate surface area is 188 Å². The number of ether oxygens (including phenoxy) is 1. The van der Waals surface area contributed by atoms with Crippen molar-refractivity contribution in [2.45, 2.75) is 30.2 Å². The molecule has 2 amide bonds. The first kappa shape index (κ1) is 22.3. The van der Waals surface area contributed by atoms with Crippen LogP contribution in [0.5, 0.6) is 5.75 Å². The Morgan fingerprint density at radius 2 is 1.97 bits per heavy atom. The van der Waals surface area contributed by atoms with Crippen molar-refractivity contribution in [1.82, 2.24) is 14.5 Å². The Bertz CT molecular complexity index is 1120. The highest BCUT2D eigenvalue weighted by Crippen LogP contribution is 2.26. The third-order valence-electron chi connectivity index (χ3n) is 5.97. The van der Waals surface area contributed by atoms with Gasteiger partial charge in [-0.3, -0.25) is 9.59 Å². The molecule has 0 saturated carbocycles. The van der Waals surface area contributed by atoms with E-state index in [1.165, 1.54) is 12.1 Å². The van der Waals surface area contributed by atoms with E-state index >= 15 is 0 Å². The first-order chi connectivity index (χ1) is 15.4. The van der Waals surface area contributed by atoms with Crippen molar-refractivity contribution in [2.75, 3.05) is 33.3 Å². The molecule has 9 heteroatoms. The Hall–Kier alpha value is -2.91. The summed E-state index contributed by atoms with van der Waals surface area (Å²) in [6.07, 6.45) is 2.51. The van der Waals surface area contributed by atoms with Crippen LogP contribution in [0.1, 0.15) is 28.8 Å². The van der Waals surface area contributed by atoms with Crippen molar-refractivity contribution in [1.29, 1.82) is 0 Å². The number of methoxy groups -OCH3 is 1. The molecule has 8 nitrogen and oxygen atoms in total. The third kappa shape index (κ3) is 4.63. The predicted molar refractivity (Wildman–Crippen MR) is 119 cm³/mol. The number of benzene rings is 2. The van der Waals surface area contributed by atoms with Gasteiger partial charge in [-0.1, -0.05) is 18.2 Å². The topological polar surface area (TPSA) is 96.0 Å². The molecule has 2 aromatic carbocycles. The highest BCUT2D eigenvalue weighted by Gasteiger charge is 2.32. The van der Waals surface area contributed by atoms with Crippen LogP contribution in [0.4, 0.5) is 0 Å². The zero-order chi connectivity index (χ0) is 22.7. The Morgan fingerprint density at radius 3 is 2.75 bits per heavy atom. The lowest BCUT2D eigenvalue weighted by atomic mass is 10.0. The molecule has 2 heterocycles. The Balaban J connectivity index is 1.53.